The summed E-state index contributed by atoms with van der Waals surface area (Å²) >= 11 is 6.44. The standard InChI is InChI=1S/C31H33ClF3N3O4S/c1-43(41,42)38(26-16-9-13-24(19-26)31(33,34)35)21-29(39)37(20-23-12-5-8-17-27(23)32)28(18-22-10-3-2-4-11-22)30(40)36-25-14-6-7-15-25/h2-5,8-13,16-17,19,25,28H,6-7,14-15,18,20-21H2,1H3,(H,36,40)/t28-/m1/s1. The van der Waals surface area contributed by atoms with Crippen molar-refractivity contribution in [2.45, 2.75) is 56.9 Å². The van der Waals surface area contributed by atoms with Crippen molar-refractivity contribution in [1.29, 1.82) is 0 Å². The fraction of sp³-hybridized carbons (Fsp3) is 0.355. The lowest BCUT2D eigenvalue weighted by molar-refractivity contribution is -0.140. The number of carbonyl (C=O) groups is 2. The third kappa shape index (κ3) is 8.73. The molecule has 0 saturated heterocycles. The van der Waals surface area contributed by atoms with Crippen LogP contribution in [0.5, 0.6) is 0 Å². The molecule has 0 bridgehead atoms. The third-order valence-corrected chi connectivity index (χ3v) is 8.92. The summed E-state index contributed by atoms with van der Waals surface area (Å²) in [5.41, 5.74) is -0.0894. The maximum absolute atomic E-state index is 14.1. The van der Waals surface area contributed by atoms with Crippen LogP contribution >= 0.6 is 11.6 Å². The Hall–Kier alpha value is -3.57. The van der Waals surface area contributed by atoms with Gasteiger partial charge in [-0.3, -0.25) is 13.9 Å². The molecule has 2 amide bonds. The predicted molar refractivity (Wildman–Crippen MR) is 160 cm³/mol. The van der Waals surface area contributed by atoms with E-state index in [-0.39, 0.29) is 24.7 Å². The number of nitrogens with zero attached hydrogens (tertiary/aromatic N) is 2. The molecule has 0 spiro atoms. The van der Waals surface area contributed by atoms with E-state index in [1.54, 1.807) is 36.4 Å². The van der Waals surface area contributed by atoms with Crippen molar-refractivity contribution in [3.8, 4) is 0 Å². The van der Waals surface area contributed by atoms with E-state index in [0.29, 0.717) is 21.0 Å². The first-order chi connectivity index (χ1) is 20.3. The lowest BCUT2D eigenvalue weighted by Gasteiger charge is -2.34. The molecule has 1 saturated carbocycles. The molecule has 0 unspecified atom stereocenters. The lowest BCUT2D eigenvalue weighted by atomic mass is 10.0. The third-order valence-electron chi connectivity index (χ3n) is 7.41. The van der Waals surface area contributed by atoms with Gasteiger partial charge < -0.3 is 10.2 Å². The van der Waals surface area contributed by atoms with Gasteiger partial charge in [0, 0.05) is 24.0 Å². The smallest absolute Gasteiger partial charge is 0.352 e. The molecule has 0 aromatic heterocycles. The van der Waals surface area contributed by atoms with Crippen LogP contribution in [0.3, 0.4) is 0 Å². The number of alkyl halides is 3. The van der Waals surface area contributed by atoms with Gasteiger partial charge in [0.2, 0.25) is 21.8 Å². The Balaban J connectivity index is 1.75. The molecule has 0 aliphatic heterocycles. The average Bonchev–Trinajstić information content (AvgIpc) is 3.47. The van der Waals surface area contributed by atoms with E-state index < -0.39 is 46.2 Å². The summed E-state index contributed by atoms with van der Waals surface area (Å²) in [5.74, 6) is -1.17. The Morgan fingerprint density at radius 2 is 1.63 bits per heavy atom. The first-order valence-corrected chi connectivity index (χ1v) is 16.1. The van der Waals surface area contributed by atoms with Crippen molar-refractivity contribution in [1.82, 2.24) is 10.2 Å². The number of halogens is 4. The van der Waals surface area contributed by atoms with Gasteiger partial charge in [0.15, 0.2) is 0 Å². The molecule has 0 radical (unpaired) electrons. The summed E-state index contributed by atoms with van der Waals surface area (Å²) in [7, 11) is -4.22. The van der Waals surface area contributed by atoms with Crippen LogP contribution in [-0.4, -0.2) is 50.0 Å². The fourth-order valence-corrected chi connectivity index (χ4v) is 6.22. The van der Waals surface area contributed by atoms with Crippen LogP contribution in [0.25, 0.3) is 0 Å². The molecule has 1 atom stereocenters. The maximum Gasteiger partial charge on any atom is 0.416 e. The van der Waals surface area contributed by atoms with E-state index in [9.17, 15) is 31.2 Å². The molecule has 1 fully saturated rings. The van der Waals surface area contributed by atoms with Crippen molar-refractivity contribution < 1.29 is 31.2 Å². The molecular formula is C31H33ClF3N3O4S. The zero-order chi connectivity index (χ0) is 31.2. The molecule has 1 aliphatic carbocycles. The number of carbonyl (C=O) groups excluding carboxylic acids is 2. The second kappa shape index (κ2) is 13.8. The Morgan fingerprint density at radius 1 is 0.977 bits per heavy atom. The zero-order valence-electron chi connectivity index (χ0n) is 23.6. The Kier molecular flexibility index (Phi) is 10.4. The van der Waals surface area contributed by atoms with Crippen molar-refractivity contribution in [2.75, 3.05) is 17.1 Å². The number of hydrogen-bond donors (Lipinski definition) is 1. The summed E-state index contributed by atoms with van der Waals surface area (Å²) in [6, 6.07) is 18.5. The van der Waals surface area contributed by atoms with Crippen LogP contribution in [0.1, 0.15) is 42.4 Å². The van der Waals surface area contributed by atoms with Crippen molar-refractivity contribution >= 4 is 39.1 Å². The molecule has 7 nitrogen and oxygen atoms in total. The summed E-state index contributed by atoms with van der Waals surface area (Å²) in [4.78, 5) is 29.2. The van der Waals surface area contributed by atoms with Crippen molar-refractivity contribution in [3.05, 3.63) is 101 Å². The molecule has 3 aromatic carbocycles. The lowest BCUT2D eigenvalue weighted by Crippen LogP contribution is -2.54. The van der Waals surface area contributed by atoms with Crippen LogP contribution in [0.2, 0.25) is 5.02 Å². The molecule has 4 rings (SSSR count). The minimum absolute atomic E-state index is 0.0549. The molecule has 0 heterocycles. The van der Waals surface area contributed by atoms with E-state index in [0.717, 1.165) is 49.6 Å². The van der Waals surface area contributed by atoms with Crippen LogP contribution in [-0.2, 0) is 38.8 Å². The minimum atomic E-state index is -4.72. The molecular weight excluding hydrogens is 603 g/mol. The fourth-order valence-electron chi connectivity index (χ4n) is 5.18. The molecule has 1 aliphatic rings. The number of amides is 2. The maximum atomic E-state index is 14.1. The van der Waals surface area contributed by atoms with Gasteiger partial charge in [-0.25, -0.2) is 8.42 Å². The highest BCUT2D eigenvalue weighted by Crippen LogP contribution is 2.32. The molecule has 43 heavy (non-hydrogen) atoms. The summed E-state index contributed by atoms with van der Waals surface area (Å²) in [6.07, 6.45) is -0.239. The number of rotatable bonds is 11. The quantitative estimate of drug-likeness (QED) is 0.288. The monoisotopic (exact) mass is 635 g/mol. The predicted octanol–water partition coefficient (Wildman–Crippen LogP) is 5.82. The van der Waals surface area contributed by atoms with E-state index >= 15 is 0 Å². The van der Waals surface area contributed by atoms with Gasteiger partial charge in [0.1, 0.15) is 12.6 Å². The van der Waals surface area contributed by atoms with Crippen LogP contribution in [0, 0.1) is 0 Å². The van der Waals surface area contributed by atoms with E-state index in [4.69, 9.17) is 11.6 Å². The summed E-state index contributed by atoms with van der Waals surface area (Å²) in [6.45, 7) is -0.957. The van der Waals surface area contributed by atoms with Crippen LogP contribution < -0.4 is 9.62 Å². The van der Waals surface area contributed by atoms with Gasteiger partial charge in [-0.1, -0.05) is 79.0 Å². The summed E-state index contributed by atoms with van der Waals surface area (Å²) < 4.78 is 66.7. The molecule has 3 aromatic rings. The van der Waals surface area contributed by atoms with E-state index in [1.807, 2.05) is 18.2 Å². The molecule has 1 N–H and O–H groups in total. The second-order valence-electron chi connectivity index (χ2n) is 10.6. The van der Waals surface area contributed by atoms with E-state index in [1.165, 1.54) is 11.0 Å². The number of anilines is 1. The normalized spacial score (nSPS) is 14.7. The largest absolute Gasteiger partial charge is 0.416 e. The SMILES string of the molecule is CS(=O)(=O)N(CC(=O)N(Cc1ccccc1Cl)[C@H](Cc1ccccc1)C(=O)NC1CCCC1)c1cccc(C(F)(F)F)c1. The number of sulfonamides is 1. The molecule has 230 valence electrons. The number of hydrogen-bond acceptors (Lipinski definition) is 4. The Labute approximate surface area is 254 Å². The van der Waals surface area contributed by atoms with Gasteiger partial charge in [-0.15, -0.1) is 0 Å². The van der Waals surface area contributed by atoms with Gasteiger partial charge in [-0.2, -0.15) is 13.2 Å². The average molecular weight is 636 g/mol. The van der Waals surface area contributed by atoms with Gasteiger partial charge in [0.25, 0.3) is 0 Å². The Bertz CT molecular complexity index is 1530. The highest BCUT2D eigenvalue weighted by atomic mass is 35.5. The number of nitrogens with one attached hydrogen (secondary N) is 1. The van der Waals surface area contributed by atoms with E-state index in [2.05, 4.69) is 5.32 Å². The van der Waals surface area contributed by atoms with Gasteiger partial charge in [-0.05, 0) is 48.2 Å². The topological polar surface area (TPSA) is 86.8 Å². The first kappa shape index (κ1) is 32.3. The first-order valence-electron chi connectivity index (χ1n) is 13.8. The number of benzene rings is 3. The highest BCUT2D eigenvalue weighted by Gasteiger charge is 2.36. The van der Waals surface area contributed by atoms with Crippen LogP contribution in [0.15, 0.2) is 78.9 Å². The zero-order valence-corrected chi connectivity index (χ0v) is 25.1. The summed E-state index contributed by atoms with van der Waals surface area (Å²) in [5, 5.41) is 3.39. The molecule has 12 heteroatoms. The van der Waals surface area contributed by atoms with Gasteiger partial charge >= 0.3 is 6.18 Å². The van der Waals surface area contributed by atoms with Crippen LogP contribution in [0.4, 0.5) is 18.9 Å². The Morgan fingerprint density at radius 3 is 2.26 bits per heavy atom. The second-order valence-corrected chi connectivity index (χ2v) is 12.9. The highest BCUT2D eigenvalue weighted by molar-refractivity contribution is 7.92. The van der Waals surface area contributed by atoms with Crippen molar-refractivity contribution in [3.63, 3.8) is 0 Å². The van der Waals surface area contributed by atoms with Crippen molar-refractivity contribution in [2.24, 2.45) is 0 Å². The minimum Gasteiger partial charge on any atom is -0.352 e. The van der Waals surface area contributed by atoms with Gasteiger partial charge in [0.05, 0.1) is 17.5 Å².